The van der Waals surface area contributed by atoms with Crippen LogP contribution in [0.3, 0.4) is 0 Å². The molecule has 0 saturated heterocycles. The SMILES string of the molecule is CNc1cc([N+](=O)[O-])cc(NCCNC(=O)C2CC2)n1. The summed E-state index contributed by atoms with van der Waals surface area (Å²) in [5.74, 6) is 1.09. The van der Waals surface area contributed by atoms with Crippen molar-refractivity contribution in [1.82, 2.24) is 10.3 Å². The summed E-state index contributed by atoms with van der Waals surface area (Å²) in [6.07, 6.45) is 1.94. The van der Waals surface area contributed by atoms with Crippen LogP contribution in [0.25, 0.3) is 0 Å². The lowest BCUT2D eigenvalue weighted by molar-refractivity contribution is -0.384. The smallest absolute Gasteiger partial charge is 0.276 e. The van der Waals surface area contributed by atoms with Gasteiger partial charge in [-0.25, -0.2) is 4.98 Å². The first kappa shape index (κ1) is 14.0. The van der Waals surface area contributed by atoms with Crippen LogP contribution in [0.2, 0.25) is 0 Å². The van der Waals surface area contributed by atoms with Crippen LogP contribution in [-0.4, -0.2) is 36.0 Å². The fourth-order valence-electron chi connectivity index (χ4n) is 1.71. The molecule has 0 aliphatic heterocycles. The Morgan fingerprint density at radius 3 is 2.70 bits per heavy atom. The van der Waals surface area contributed by atoms with E-state index >= 15 is 0 Å². The third-order valence-corrected chi connectivity index (χ3v) is 2.96. The predicted octanol–water partition coefficient (Wildman–Crippen LogP) is 0.970. The van der Waals surface area contributed by atoms with E-state index in [9.17, 15) is 14.9 Å². The summed E-state index contributed by atoms with van der Waals surface area (Å²) < 4.78 is 0. The van der Waals surface area contributed by atoms with Crippen molar-refractivity contribution in [3.8, 4) is 0 Å². The molecule has 1 aliphatic rings. The predicted molar refractivity (Wildman–Crippen MR) is 74.7 cm³/mol. The topological polar surface area (TPSA) is 109 Å². The van der Waals surface area contributed by atoms with Crippen molar-refractivity contribution in [2.75, 3.05) is 30.8 Å². The number of carbonyl (C=O) groups is 1. The average molecular weight is 279 g/mol. The van der Waals surface area contributed by atoms with Crippen LogP contribution in [0.5, 0.6) is 0 Å². The molecule has 8 nitrogen and oxygen atoms in total. The fraction of sp³-hybridized carbons (Fsp3) is 0.500. The van der Waals surface area contributed by atoms with Crippen LogP contribution in [0.4, 0.5) is 17.3 Å². The maximum absolute atomic E-state index is 11.4. The van der Waals surface area contributed by atoms with Gasteiger partial charge in [0.1, 0.15) is 11.6 Å². The van der Waals surface area contributed by atoms with Gasteiger partial charge in [0.05, 0.1) is 17.1 Å². The molecule has 0 aromatic carbocycles. The van der Waals surface area contributed by atoms with E-state index in [0.29, 0.717) is 24.7 Å². The second-order valence-corrected chi connectivity index (χ2v) is 4.60. The van der Waals surface area contributed by atoms with Crippen molar-refractivity contribution in [3.05, 3.63) is 22.2 Å². The maximum Gasteiger partial charge on any atom is 0.276 e. The Morgan fingerprint density at radius 2 is 2.10 bits per heavy atom. The summed E-state index contributed by atoms with van der Waals surface area (Å²) in [5, 5.41) is 19.3. The highest BCUT2D eigenvalue weighted by atomic mass is 16.6. The minimum absolute atomic E-state index is 0.0335. The molecule has 8 heteroatoms. The third-order valence-electron chi connectivity index (χ3n) is 2.96. The van der Waals surface area contributed by atoms with Gasteiger partial charge < -0.3 is 16.0 Å². The standard InChI is InChI=1S/C12H17N5O3/c1-13-10-6-9(17(19)20)7-11(16-10)14-4-5-15-12(18)8-2-3-8/h6-8H,2-5H2,1H3,(H,15,18)(H2,13,14,16). The van der Waals surface area contributed by atoms with Crippen LogP contribution >= 0.6 is 0 Å². The monoisotopic (exact) mass is 279 g/mol. The number of nitrogens with one attached hydrogen (secondary N) is 3. The molecule has 0 radical (unpaired) electrons. The van der Waals surface area contributed by atoms with Crippen LogP contribution in [0, 0.1) is 16.0 Å². The van der Waals surface area contributed by atoms with Gasteiger partial charge in [-0.15, -0.1) is 0 Å². The average Bonchev–Trinajstić information content (AvgIpc) is 3.27. The molecule has 1 fully saturated rings. The maximum atomic E-state index is 11.4. The highest BCUT2D eigenvalue weighted by Crippen LogP contribution is 2.28. The summed E-state index contributed by atoms with van der Waals surface area (Å²) in [6.45, 7) is 0.935. The zero-order valence-corrected chi connectivity index (χ0v) is 11.2. The highest BCUT2D eigenvalue weighted by molar-refractivity contribution is 5.80. The van der Waals surface area contributed by atoms with Gasteiger partial charge in [0, 0.05) is 26.1 Å². The Balaban J connectivity index is 1.86. The summed E-state index contributed by atoms with van der Waals surface area (Å²) in [7, 11) is 1.64. The van der Waals surface area contributed by atoms with Gasteiger partial charge in [-0.1, -0.05) is 0 Å². The zero-order chi connectivity index (χ0) is 14.5. The van der Waals surface area contributed by atoms with E-state index in [2.05, 4.69) is 20.9 Å². The lowest BCUT2D eigenvalue weighted by Crippen LogP contribution is -2.29. The van der Waals surface area contributed by atoms with E-state index in [-0.39, 0.29) is 17.5 Å². The second-order valence-electron chi connectivity index (χ2n) is 4.60. The molecule has 3 N–H and O–H groups in total. The van der Waals surface area contributed by atoms with Gasteiger partial charge in [-0.3, -0.25) is 14.9 Å². The second kappa shape index (κ2) is 6.18. The fourth-order valence-corrected chi connectivity index (χ4v) is 1.71. The number of amides is 1. The molecule has 2 rings (SSSR count). The molecule has 1 saturated carbocycles. The first-order valence-corrected chi connectivity index (χ1v) is 6.46. The van der Waals surface area contributed by atoms with Crippen LogP contribution in [0.15, 0.2) is 12.1 Å². The third kappa shape index (κ3) is 3.81. The number of hydrogen-bond donors (Lipinski definition) is 3. The minimum atomic E-state index is -0.470. The van der Waals surface area contributed by atoms with Gasteiger partial charge in [0.25, 0.3) is 5.69 Å². The summed E-state index contributed by atoms with van der Waals surface area (Å²) in [4.78, 5) is 25.9. The number of carbonyl (C=O) groups excluding carboxylic acids is 1. The van der Waals surface area contributed by atoms with E-state index in [1.54, 1.807) is 7.05 Å². The molecule has 20 heavy (non-hydrogen) atoms. The lowest BCUT2D eigenvalue weighted by atomic mass is 10.3. The highest BCUT2D eigenvalue weighted by Gasteiger charge is 2.28. The Labute approximate surface area is 116 Å². The van der Waals surface area contributed by atoms with E-state index in [1.165, 1.54) is 12.1 Å². The van der Waals surface area contributed by atoms with E-state index < -0.39 is 4.92 Å². The first-order chi connectivity index (χ1) is 9.60. The Bertz CT molecular complexity index is 516. The normalized spacial score (nSPS) is 13.7. The van der Waals surface area contributed by atoms with Crippen molar-refractivity contribution in [1.29, 1.82) is 0 Å². The van der Waals surface area contributed by atoms with Gasteiger partial charge in [0.2, 0.25) is 5.91 Å². The van der Waals surface area contributed by atoms with Gasteiger partial charge >= 0.3 is 0 Å². The van der Waals surface area contributed by atoms with Crippen LogP contribution < -0.4 is 16.0 Å². The molecular weight excluding hydrogens is 262 g/mol. The molecule has 1 heterocycles. The Kier molecular flexibility index (Phi) is 4.34. The molecule has 1 amide bonds. The van der Waals surface area contributed by atoms with Gasteiger partial charge in [-0.2, -0.15) is 0 Å². The molecule has 0 unspecified atom stereocenters. The number of aromatic nitrogens is 1. The summed E-state index contributed by atoms with van der Waals surface area (Å²) in [5.41, 5.74) is -0.0335. The van der Waals surface area contributed by atoms with E-state index in [1.807, 2.05) is 0 Å². The number of nitrogens with zero attached hydrogens (tertiary/aromatic N) is 2. The van der Waals surface area contributed by atoms with Crippen molar-refractivity contribution < 1.29 is 9.72 Å². The zero-order valence-electron chi connectivity index (χ0n) is 11.2. The van der Waals surface area contributed by atoms with Crippen LogP contribution in [0.1, 0.15) is 12.8 Å². The molecule has 0 bridgehead atoms. The number of anilines is 2. The van der Waals surface area contributed by atoms with Crippen molar-refractivity contribution in [2.45, 2.75) is 12.8 Å². The Morgan fingerprint density at radius 1 is 1.40 bits per heavy atom. The quantitative estimate of drug-likeness (QED) is 0.390. The van der Waals surface area contributed by atoms with Crippen LogP contribution in [-0.2, 0) is 4.79 Å². The van der Waals surface area contributed by atoms with E-state index in [0.717, 1.165) is 12.8 Å². The number of nitro groups is 1. The first-order valence-electron chi connectivity index (χ1n) is 6.46. The lowest BCUT2D eigenvalue weighted by Gasteiger charge is -2.08. The number of pyridine rings is 1. The summed E-state index contributed by atoms with van der Waals surface area (Å²) >= 11 is 0. The number of hydrogen-bond acceptors (Lipinski definition) is 6. The number of rotatable bonds is 7. The molecule has 1 aromatic heterocycles. The van der Waals surface area contributed by atoms with Crippen molar-refractivity contribution in [3.63, 3.8) is 0 Å². The summed E-state index contributed by atoms with van der Waals surface area (Å²) in [6, 6.07) is 2.73. The minimum Gasteiger partial charge on any atom is -0.373 e. The van der Waals surface area contributed by atoms with Gasteiger partial charge in [0.15, 0.2) is 0 Å². The Hall–Kier alpha value is -2.38. The molecular formula is C12H17N5O3. The van der Waals surface area contributed by atoms with Crippen molar-refractivity contribution >= 4 is 23.2 Å². The molecule has 0 atom stereocenters. The molecule has 1 aromatic rings. The van der Waals surface area contributed by atoms with Crippen molar-refractivity contribution in [2.24, 2.45) is 5.92 Å². The molecule has 108 valence electrons. The van der Waals surface area contributed by atoms with Gasteiger partial charge in [-0.05, 0) is 12.8 Å². The largest absolute Gasteiger partial charge is 0.373 e. The molecule has 1 aliphatic carbocycles. The molecule has 0 spiro atoms. The van der Waals surface area contributed by atoms with E-state index in [4.69, 9.17) is 0 Å².